The van der Waals surface area contributed by atoms with Crippen LogP contribution in [0.25, 0.3) is 0 Å². The van der Waals surface area contributed by atoms with E-state index in [2.05, 4.69) is 15.2 Å². The van der Waals surface area contributed by atoms with Crippen LogP contribution in [-0.4, -0.2) is 23.5 Å². The van der Waals surface area contributed by atoms with Crippen molar-refractivity contribution < 1.29 is 14.8 Å². The summed E-state index contributed by atoms with van der Waals surface area (Å²) < 4.78 is 0. The topological polar surface area (TPSA) is 69.4 Å². The van der Waals surface area contributed by atoms with Crippen molar-refractivity contribution in [2.24, 2.45) is 4.99 Å². The van der Waals surface area contributed by atoms with Crippen LogP contribution in [0.1, 0.15) is 11.1 Å². The second kappa shape index (κ2) is 7.19. The number of hydrogen-bond donors (Lipinski definition) is 3. The largest absolute Gasteiger partial charge is 0.392 e. The number of anilines is 2. The number of carbonyl (C=O) groups is 1. The number of benzene rings is 2. The van der Waals surface area contributed by atoms with Crippen molar-refractivity contribution in [3.05, 3.63) is 83.8 Å². The SMILES string of the molecule is Cc1cccc(NC(=O)C2=C[NH+]3CN(c4cccc(CO)c4)C=CC3=N2)c1. The Hall–Kier alpha value is -3.22. The van der Waals surface area contributed by atoms with E-state index in [1.165, 1.54) is 0 Å². The van der Waals surface area contributed by atoms with Gasteiger partial charge in [0, 0.05) is 23.7 Å². The Morgan fingerprint density at radius 1 is 1.26 bits per heavy atom. The number of aliphatic hydroxyl groups is 1. The molecule has 2 aliphatic rings. The Bertz CT molecular complexity index is 978. The van der Waals surface area contributed by atoms with E-state index < -0.39 is 0 Å². The first-order chi connectivity index (χ1) is 13.1. The lowest BCUT2D eigenvalue weighted by molar-refractivity contribution is -0.742. The Morgan fingerprint density at radius 2 is 2.11 bits per heavy atom. The molecule has 4 rings (SSSR count). The molecule has 3 N–H and O–H groups in total. The molecule has 1 unspecified atom stereocenters. The van der Waals surface area contributed by atoms with Gasteiger partial charge in [-0.1, -0.05) is 24.3 Å². The molecule has 0 saturated carbocycles. The Morgan fingerprint density at radius 3 is 2.93 bits per heavy atom. The Kier molecular flexibility index (Phi) is 4.58. The number of rotatable bonds is 4. The summed E-state index contributed by atoms with van der Waals surface area (Å²) in [5, 5.41) is 12.2. The molecule has 0 saturated heterocycles. The molecule has 1 amide bonds. The van der Waals surface area contributed by atoms with Crippen LogP contribution in [0.15, 0.2) is 77.7 Å². The molecule has 1 atom stereocenters. The van der Waals surface area contributed by atoms with Crippen LogP contribution >= 0.6 is 0 Å². The number of carbonyl (C=O) groups excluding carboxylic acids is 1. The lowest BCUT2D eigenvalue weighted by atomic mass is 10.2. The number of aliphatic hydroxyl groups excluding tert-OH is 1. The predicted octanol–water partition coefficient (Wildman–Crippen LogP) is 1.56. The first-order valence-electron chi connectivity index (χ1n) is 8.81. The molecule has 0 radical (unpaired) electrons. The highest BCUT2D eigenvalue weighted by molar-refractivity contribution is 6.06. The van der Waals surface area contributed by atoms with E-state index >= 15 is 0 Å². The van der Waals surface area contributed by atoms with Crippen molar-refractivity contribution >= 4 is 23.1 Å². The minimum absolute atomic E-state index is 0.0118. The van der Waals surface area contributed by atoms with Crippen molar-refractivity contribution in [3.8, 4) is 0 Å². The standard InChI is InChI=1S/C21H20N4O2/c1-15-4-2-6-17(10-15)22-21(27)19-12-25-14-24(9-8-20(25)23-19)18-7-3-5-16(11-18)13-26/h2-12,26H,13-14H2,1H3,(H,22,27)/p+1. The molecule has 6 nitrogen and oxygen atoms in total. The van der Waals surface area contributed by atoms with Gasteiger partial charge in [-0.05, 0) is 42.3 Å². The minimum atomic E-state index is -0.211. The number of aryl methyl sites for hydroxylation is 1. The van der Waals surface area contributed by atoms with Gasteiger partial charge in [-0.3, -0.25) is 9.69 Å². The molecule has 0 fully saturated rings. The van der Waals surface area contributed by atoms with E-state index in [0.717, 1.165) is 33.2 Å². The minimum Gasteiger partial charge on any atom is -0.392 e. The van der Waals surface area contributed by atoms with E-state index in [1.807, 2.05) is 73.9 Å². The molecule has 2 heterocycles. The normalized spacial score (nSPS) is 18.0. The maximum absolute atomic E-state index is 12.5. The summed E-state index contributed by atoms with van der Waals surface area (Å²) in [6.45, 7) is 2.63. The molecule has 0 bridgehead atoms. The Labute approximate surface area is 157 Å². The molecule has 0 aromatic heterocycles. The van der Waals surface area contributed by atoms with Crippen LogP contribution < -0.4 is 15.1 Å². The van der Waals surface area contributed by atoms with Gasteiger partial charge in [-0.25, -0.2) is 4.90 Å². The van der Waals surface area contributed by atoms with Crippen molar-refractivity contribution in [2.75, 3.05) is 16.9 Å². The quantitative estimate of drug-likeness (QED) is 0.774. The van der Waals surface area contributed by atoms with E-state index in [4.69, 9.17) is 0 Å². The molecule has 0 aliphatic carbocycles. The molecule has 2 aliphatic heterocycles. The second-order valence-corrected chi connectivity index (χ2v) is 6.65. The zero-order valence-electron chi connectivity index (χ0n) is 15.0. The van der Waals surface area contributed by atoms with Gasteiger partial charge in [-0.15, -0.1) is 0 Å². The first kappa shape index (κ1) is 17.2. The third-order valence-electron chi connectivity index (χ3n) is 4.57. The van der Waals surface area contributed by atoms with Crippen LogP contribution in [0.2, 0.25) is 0 Å². The zero-order chi connectivity index (χ0) is 18.8. The van der Waals surface area contributed by atoms with Gasteiger partial charge in [0.15, 0.2) is 12.4 Å². The number of aliphatic imine (C=N–C) groups is 1. The van der Waals surface area contributed by atoms with E-state index in [-0.39, 0.29) is 12.5 Å². The summed E-state index contributed by atoms with van der Waals surface area (Å²) in [5.74, 6) is 0.608. The molecule has 0 spiro atoms. The summed E-state index contributed by atoms with van der Waals surface area (Å²) in [6.07, 6.45) is 5.70. The van der Waals surface area contributed by atoms with Crippen LogP contribution in [0.5, 0.6) is 0 Å². The molecule has 6 heteroatoms. The summed E-state index contributed by atoms with van der Waals surface area (Å²) >= 11 is 0. The molecular formula is C21H21N4O2+. The smallest absolute Gasteiger partial charge is 0.280 e. The molecule has 2 aromatic carbocycles. The highest BCUT2D eigenvalue weighted by Gasteiger charge is 2.30. The van der Waals surface area contributed by atoms with Crippen molar-refractivity contribution in [1.29, 1.82) is 0 Å². The lowest BCUT2D eigenvalue weighted by Crippen LogP contribution is -3.11. The van der Waals surface area contributed by atoms with Crippen LogP contribution in [0, 0.1) is 6.92 Å². The van der Waals surface area contributed by atoms with Crippen LogP contribution in [0.3, 0.4) is 0 Å². The average molecular weight is 361 g/mol. The summed E-state index contributed by atoms with van der Waals surface area (Å²) in [7, 11) is 0. The number of amidine groups is 1. The maximum Gasteiger partial charge on any atom is 0.280 e. The highest BCUT2D eigenvalue weighted by atomic mass is 16.3. The third-order valence-corrected chi connectivity index (χ3v) is 4.57. The van der Waals surface area contributed by atoms with E-state index in [0.29, 0.717) is 12.4 Å². The van der Waals surface area contributed by atoms with Gasteiger partial charge in [0.1, 0.15) is 6.20 Å². The van der Waals surface area contributed by atoms with Gasteiger partial charge >= 0.3 is 0 Å². The summed E-state index contributed by atoms with van der Waals surface area (Å²) in [5.41, 5.74) is 4.13. The van der Waals surface area contributed by atoms with E-state index in [9.17, 15) is 9.90 Å². The van der Waals surface area contributed by atoms with Crippen LogP contribution in [0.4, 0.5) is 11.4 Å². The molecule has 2 aromatic rings. The van der Waals surface area contributed by atoms with Gasteiger partial charge in [-0.2, -0.15) is 4.99 Å². The number of fused-ring (bicyclic) bond motifs is 1. The number of nitrogens with zero attached hydrogens (tertiary/aromatic N) is 2. The van der Waals surface area contributed by atoms with E-state index in [1.54, 1.807) is 0 Å². The monoisotopic (exact) mass is 361 g/mol. The number of amides is 1. The van der Waals surface area contributed by atoms with Gasteiger partial charge in [0.05, 0.1) is 6.61 Å². The van der Waals surface area contributed by atoms with Crippen LogP contribution in [-0.2, 0) is 11.4 Å². The van der Waals surface area contributed by atoms with Gasteiger partial charge in [0.25, 0.3) is 5.91 Å². The molecule has 136 valence electrons. The number of quaternary nitrogens is 1. The summed E-state index contributed by atoms with van der Waals surface area (Å²) in [4.78, 5) is 20.1. The van der Waals surface area contributed by atoms with Gasteiger partial charge < -0.3 is 10.4 Å². The highest BCUT2D eigenvalue weighted by Crippen LogP contribution is 2.18. The third kappa shape index (κ3) is 3.67. The second-order valence-electron chi connectivity index (χ2n) is 6.65. The van der Waals surface area contributed by atoms with Crippen molar-refractivity contribution in [1.82, 2.24) is 0 Å². The summed E-state index contributed by atoms with van der Waals surface area (Å²) in [6, 6.07) is 15.5. The molecule has 27 heavy (non-hydrogen) atoms. The molecular weight excluding hydrogens is 340 g/mol. The average Bonchev–Trinajstić information content (AvgIpc) is 3.11. The van der Waals surface area contributed by atoms with Gasteiger partial charge in [0.2, 0.25) is 5.84 Å². The lowest BCUT2D eigenvalue weighted by Gasteiger charge is -2.26. The zero-order valence-corrected chi connectivity index (χ0v) is 15.0. The fourth-order valence-corrected chi connectivity index (χ4v) is 3.19. The van der Waals surface area contributed by atoms with Crippen molar-refractivity contribution in [3.63, 3.8) is 0 Å². The fraction of sp³-hybridized carbons (Fsp3) is 0.143. The maximum atomic E-state index is 12.5. The van der Waals surface area contributed by atoms with Crippen molar-refractivity contribution in [2.45, 2.75) is 13.5 Å². The number of nitrogens with one attached hydrogen (secondary N) is 2. The first-order valence-corrected chi connectivity index (χ1v) is 8.81. The predicted molar refractivity (Wildman–Crippen MR) is 105 cm³/mol. The fourth-order valence-electron chi connectivity index (χ4n) is 3.19. The Balaban J connectivity index is 1.49. The number of hydrogen-bond acceptors (Lipinski definition) is 4.